The largest absolute Gasteiger partial charge is 0.368 e. The summed E-state index contributed by atoms with van der Waals surface area (Å²) < 4.78 is 24.1. The van der Waals surface area contributed by atoms with Gasteiger partial charge in [-0.1, -0.05) is 17.7 Å². The topological polar surface area (TPSA) is 60.9 Å². The van der Waals surface area contributed by atoms with Crippen molar-refractivity contribution in [2.24, 2.45) is 5.92 Å². The highest BCUT2D eigenvalue weighted by atomic mass is 35.5. The van der Waals surface area contributed by atoms with Gasteiger partial charge in [0.2, 0.25) is 15.9 Å². The van der Waals surface area contributed by atoms with Crippen LogP contribution in [0.1, 0.15) is 0 Å². The Balaban J connectivity index is 1.52. The number of carbonyl (C=O) groups excluding carboxylic acids is 1. The molecule has 2 aliphatic rings. The third kappa shape index (κ3) is 3.62. The molecular formula is C15H20ClN3O3S. The first kappa shape index (κ1) is 16.5. The Kier molecular flexibility index (Phi) is 4.53. The van der Waals surface area contributed by atoms with Gasteiger partial charge in [-0.25, -0.2) is 12.7 Å². The number of hydrogen-bond donors (Lipinski definition) is 0. The molecule has 1 aromatic carbocycles. The van der Waals surface area contributed by atoms with Gasteiger partial charge in [-0.3, -0.25) is 4.79 Å². The van der Waals surface area contributed by atoms with Crippen LogP contribution in [-0.2, 0) is 14.8 Å². The summed E-state index contributed by atoms with van der Waals surface area (Å²) in [5.74, 6) is -0.127. The number of rotatable bonds is 3. The molecule has 0 atom stereocenters. The smallest absolute Gasteiger partial charge is 0.228 e. The van der Waals surface area contributed by atoms with Gasteiger partial charge in [-0.05, 0) is 18.2 Å². The number of benzene rings is 1. The van der Waals surface area contributed by atoms with Gasteiger partial charge in [-0.2, -0.15) is 0 Å². The van der Waals surface area contributed by atoms with Crippen LogP contribution >= 0.6 is 11.6 Å². The Morgan fingerprint density at radius 1 is 1.17 bits per heavy atom. The monoisotopic (exact) mass is 357 g/mol. The molecule has 2 fully saturated rings. The maximum atomic E-state index is 12.4. The second-order valence-electron chi connectivity index (χ2n) is 6.07. The highest BCUT2D eigenvalue weighted by molar-refractivity contribution is 7.88. The molecule has 3 rings (SSSR count). The van der Waals surface area contributed by atoms with Gasteiger partial charge in [-0.15, -0.1) is 0 Å². The van der Waals surface area contributed by atoms with Crippen LogP contribution in [0.25, 0.3) is 0 Å². The number of sulfonamides is 1. The van der Waals surface area contributed by atoms with E-state index in [4.69, 9.17) is 11.6 Å². The summed E-state index contributed by atoms with van der Waals surface area (Å²) in [4.78, 5) is 16.5. The summed E-state index contributed by atoms with van der Waals surface area (Å²) >= 11 is 6.02. The quantitative estimate of drug-likeness (QED) is 0.805. The molecule has 0 aromatic heterocycles. The lowest BCUT2D eigenvalue weighted by molar-refractivity contribution is -0.139. The van der Waals surface area contributed by atoms with Crippen LogP contribution in [0.5, 0.6) is 0 Å². The molecule has 2 aliphatic heterocycles. The van der Waals surface area contributed by atoms with Gasteiger partial charge in [0.15, 0.2) is 0 Å². The number of hydrogen-bond acceptors (Lipinski definition) is 4. The average molecular weight is 358 g/mol. The Morgan fingerprint density at radius 2 is 1.83 bits per heavy atom. The second kappa shape index (κ2) is 6.30. The summed E-state index contributed by atoms with van der Waals surface area (Å²) in [6.07, 6.45) is 1.18. The Bertz CT molecular complexity index is 696. The van der Waals surface area contributed by atoms with E-state index in [2.05, 4.69) is 4.90 Å². The van der Waals surface area contributed by atoms with Gasteiger partial charge in [0.05, 0.1) is 12.2 Å². The highest BCUT2D eigenvalue weighted by Gasteiger charge is 2.40. The molecule has 126 valence electrons. The fourth-order valence-corrected chi connectivity index (χ4v) is 4.07. The zero-order chi connectivity index (χ0) is 16.6. The fourth-order valence-electron chi connectivity index (χ4n) is 2.98. The summed E-state index contributed by atoms with van der Waals surface area (Å²) in [7, 11) is -3.17. The molecule has 23 heavy (non-hydrogen) atoms. The summed E-state index contributed by atoms with van der Waals surface area (Å²) in [5, 5.41) is 0.705. The van der Waals surface area contributed by atoms with Crippen LogP contribution in [0.3, 0.4) is 0 Å². The zero-order valence-electron chi connectivity index (χ0n) is 13.0. The van der Waals surface area contributed by atoms with E-state index in [0.717, 1.165) is 18.8 Å². The molecule has 8 heteroatoms. The van der Waals surface area contributed by atoms with Crippen molar-refractivity contribution in [1.82, 2.24) is 9.21 Å². The lowest BCUT2D eigenvalue weighted by atomic mass is 10.0. The summed E-state index contributed by atoms with van der Waals surface area (Å²) in [6.45, 7) is 3.45. The Labute approximate surface area is 141 Å². The zero-order valence-corrected chi connectivity index (χ0v) is 14.6. The van der Waals surface area contributed by atoms with Crippen molar-refractivity contribution < 1.29 is 13.2 Å². The number of halogens is 1. The molecular weight excluding hydrogens is 338 g/mol. The SMILES string of the molecule is CS(=O)(=O)N1CC(C(=O)N2CCN(c3cccc(Cl)c3)CC2)C1. The van der Waals surface area contributed by atoms with Crippen molar-refractivity contribution in [2.75, 3.05) is 50.4 Å². The normalized spacial score (nSPS) is 20.4. The predicted molar refractivity (Wildman–Crippen MR) is 90.2 cm³/mol. The first-order chi connectivity index (χ1) is 10.8. The fraction of sp³-hybridized carbons (Fsp3) is 0.533. The van der Waals surface area contributed by atoms with E-state index in [1.54, 1.807) is 0 Å². The highest BCUT2D eigenvalue weighted by Crippen LogP contribution is 2.24. The van der Waals surface area contributed by atoms with Crippen molar-refractivity contribution in [3.05, 3.63) is 29.3 Å². The van der Waals surface area contributed by atoms with Gasteiger partial charge in [0.25, 0.3) is 0 Å². The molecule has 2 saturated heterocycles. The number of amides is 1. The van der Waals surface area contributed by atoms with Gasteiger partial charge in [0, 0.05) is 50.0 Å². The van der Waals surface area contributed by atoms with Gasteiger partial charge in [0.1, 0.15) is 0 Å². The summed E-state index contributed by atoms with van der Waals surface area (Å²) in [5.41, 5.74) is 1.07. The van der Waals surface area contributed by atoms with Crippen LogP contribution in [0.15, 0.2) is 24.3 Å². The van der Waals surface area contributed by atoms with Crippen molar-refractivity contribution >= 4 is 33.2 Å². The Hall–Kier alpha value is -1.31. The molecule has 0 N–H and O–H groups in total. The first-order valence-corrected chi connectivity index (χ1v) is 9.81. The van der Waals surface area contributed by atoms with Crippen LogP contribution in [-0.4, -0.2) is 69.1 Å². The van der Waals surface area contributed by atoms with E-state index in [-0.39, 0.29) is 11.8 Å². The van der Waals surface area contributed by atoms with Gasteiger partial charge >= 0.3 is 0 Å². The molecule has 1 amide bonds. The van der Waals surface area contributed by atoms with Crippen molar-refractivity contribution in [1.29, 1.82) is 0 Å². The number of carbonyl (C=O) groups is 1. The third-order valence-electron chi connectivity index (χ3n) is 4.43. The summed E-state index contributed by atoms with van der Waals surface area (Å²) in [6, 6.07) is 7.70. The predicted octanol–water partition coefficient (Wildman–Crippen LogP) is 0.880. The molecule has 6 nitrogen and oxygen atoms in total. The van der Waals surface area contributed by atoms with E-state index in [1.165, 1.54) is 10.6 Å². The van der Waals surface area contributed by atoms with Crippen LogP contribution in [0.4, 0.5) is 5.69 Å². The third-order valence-corrected chi connectivity index (χ3v) is 5.90. The maximum absolute atomic E-state index is 12.4. The minimum Gasteiger partial charge on any atom is -0.368 e. The standard InChI is InChI=1S/C15H20ClN3O3S/c1-23(21,22)19-10-12(11-19)15(20)18-7-5-17(6-8-18)14-4-2-3-13(16)9-14/h2-4,9,12H,5-8,10-11H2,1H3. The first-order valence-electron chi connectivity index (χ1n) is 7.59. The minimum atomic E-state index is -3.17. The van der Waals surface area contributed by atoms with Crippen molar-refractivity contribution in [3.8, 4) is 0 Å². The molecule has 0 unspecified atom stereocenters. The van der Waals surface area contributed by atoms with E-state index in [1.807, 2.05) is 29.2 Å². The second-order valence-corrected chi connectivity index (χ2v) is 8.49. The minimum absolute atomic E-state index is 0.0654. The van der Waals surface area contributed by atoms with Crippen LogP contribution < -0.4 is 4.90 Å². The molecule has 0 bridgehead atoms. The number of anilines is 1. The van der Waals surface area contributed by atoms with Gasteiger partial charge < -0.3 is 9.80 Å². The van der Waals surface area contributed by atoms with E-state index in [0.29, 0.717) is 31.2 Å². The average Bonchev–Trinajstić information content (AvgIpc) is 2.44. The number of nitrogens with zero attached hydrogens (tertiary/aromatic N) is 3. The lowest BCUT2D eigenvalue weighted by Crippen LogP contribution is -2.58. The molecule has 0 aliphatic carbocycles. The van der Waals surface area contributed by atoms with E-state index >= 15 is 0 Å². The van der Waals surface area contributed by atoms with Crippen LogP contribution in [0, 0.1) is 5.92 Å². The molecule has 0 spiro atoms. The number of piperazine rings is 1. The molecule has 0 saturated carbocycles. The van der Waals surface area contributed by atoms with E-state index < -0.39 is 10.0 Å². The Morgan fingerprint density at radius 3 is 2.39 bits per heavy atom. The molecule has 2 heterocycles. The molecule has 0 radical (unpaired) electrons. The van der Waals surface area contributed by atoms with E-state index in [9.17, 15) is 13.2 Å². The lowest BCUT2D eigenvalue weighted by Gasteiger charge is -2.42. The van der Waals surface area contributed by atoms with Crippen LogP contribution in [0.2, 0.25) is 5.02 Å². The van der Waals surface area contributed by atoms with Crippen molar-refractivity contribution in [3.63, 3.8) is 0 Å². The van der Waals surface area contributed by atoms with Crippen molar-refractivity contribution in [2.45, 2.75) is 0 Å². The molecule has 1 aromatic rings. The maximum Gasteiger partial charge on any atom is 0.228 e.